The molecular weight excluding hydrogens is 466 g/mol. The number of carbonyl (C=O) groups is 2. The molecule has 0 aromatic heterocycles. The van der Waals surface area contributed by atoms with Crippen molar-refractivity contribution < 1.29 is 22.7 Å². The van der Waals surface area contributed by atoms with Crippen LogP contribution in [0.2, 0.25) is 0 Å². The molecule has 9 heteroatoms. The van der Waals surface area contributed by atoms with Gasteiger partial charge in [-0.2, -0.15) is 0 Å². The number of carbonyl (C=O) groups excluding carboxylic acids is 2. The number of rotatable bonds is 13. The average Bonchev–Trinajstić information content (AvgIpc) is 2.85. The molecule has 2 aromatic carbocycles. The Morgan fingerprint density at radius 2 is 1.71 bits per heavy atom. The summed E-state index contributed by atoms with van der Waals surface area (Å²) in [5.74, 6) is -0.0631. The zero-order valence-electron chi connectivity index (χ0n) is 21.3. The fourth-order valence-electron chi connectivity index (χ4n) is 3.69. The number of amides is 2. The van der Waals surface area contributed by atoms with Crippen LogP contribution >= 0.6 is 0 Å². The van der Waals surface area contributed by atoms with E-state index in [1.165, 1.54) is 4.90 Å². The Morgan fingerprint density at radius 1 is 1.06 bits per heavy atom. The lowest BCUT2D eigenvalue weighted by Crippen LogP contribution is -2.51. The summed E-state index contributed by atoms with van der Waals surface area (Å²) in [6, 6.07) is 13.5. The monoisotopic (exact) mass is 503 g/mol. The van der Waals surface area contributed by atoms with Gasteiger partial charge in [0.2, 0.25) is 21.8 Å². The number of unbranched alkanes of at least 4 members (excludes halogenated alkanes) is 1. The van der Waals surface area contributed by atoms with Gasteiger partial charge in [0.05, 0.1) is 19.1 Å². The quantitative estimate of drug-likeness (QED) is 0.423. The number of sulfonamides is 1. The topological polar surface area (TPSA) is 96.0 Å². The van der Waals surface area contributed by atoms with Crippen molar-refractivity contribution in [3.8, 4) is 5.75 Å². The number of ether oxygens (including phenoxy) is 1. The Kier molecular flexibility index (Phi) is 10.6. The molecule has 0 radical (unpaired) electrons. The largest absolute Gasteiger partial charge is 0.497 e. The second kappa shape index (κ2) is 13.1. The third-order valence-electron chi connectivity index (χ3n) is 5.83. The first-order valence-corrected chi connectivity index (χ1v) is 13.7. The normalized spacial score (nSPS) is 12.0. The maximum absolute atomic E-state index is 13.6. The summed E-state index contributed by atoms with van der Waals surface area (Å²) >= 11 is 0. The number of nitrogens with zero attached hydrogens (tertiary/aromatic N) is 2. The lowest BCUT2D eigenvalue weighted by molar-refractivity contribution is -0.139. The van der Waals surface area contributed by atoms with Gasteiger partial charge in [0.1, 0.15) is 18.3 Å². The minimum absolute atomic E-state index is 0.151. The highest BCUT2D eigenvalue weighted by Crippen LogP contribution is 2.24. The number of para-hydroxylation sites is 1. The second-order valence-corrected chi connectivity index (χ2v) is 10.3. The van der Waals surface area contributed by atoms with E-state index in [1.807, 2.05) is 38.1 Å². The molecule has 8 nitrogen and oxygen atoms in total. The number of hydrogen-bond donors (Lipinski definition) is 1. The van der Waals surface area contributed by atoms with Gasteiger partial charge in [-0.05, 0) is 49.1 Å². The standard InChI is InChI=1S/C26H37N3O5S/c1-6-8-17-27-26(31)20(3)28(18-21-13-15-23(34-4)16-14-21)25(30)19-29(35(5,32)33)24-12-10-9-11-22(24)7-2/h9-16,20H,6-8,17-19H2,1-5H3,(H,27,31)/t20-/m0/s1. The van der Waals surface area contributed by atoms with Gasteiger partial charge in [-0.1, -0.05) is 50.6 Å². The molecule has 2 rings (SSSR count). The second-order valence-electron chi connectivity index (χ2n) is 8.44. The van der Waals surface area contributed by atoms with Crippen molar-refractivity contribution in [2.75, 3.05) is 30.8 Å². The molecule has 0 unspecified atom stereocenters. The molecule has 192 valence electrons. The van der Waals surface area contributed by atoms with Gasteiger partial charge in [-0.25, -0.2) is 8.42 Å². The molecule has 0 spiro atoms. The van der Waals surface area contributed by atoms with Gasteiger partial charge in [0.25, 0.3) is 0 Å². The summed E-state index contributed by atoms with van der Waals surface area (Å²) in [5, 5.41) is 2.87. The van der Waals surface area contributed by atoms with Crippen LogP contribution in [0.25, 0.3) is 0 Å². The number of anilines is 1. The molecule has 1 N–H and O–H groups in total. The van der Waals surface area contributed by atoms with Crippen LogP contribution in [0.1, 0.15) is 44.7 Å². The molecule has 2 amide bonds. The maximum Gasteiger partial charge on any atom is 0.244 e. The van der Waals surface area contributed by atoms with E-state index in [-0.39, 0.29) is 12.5 Å². The van der Waals surface area contributed by atoms with Crippen LogP contribution in [0.4, 0.5) is 5.69 Å². The average molecular weight is 504 g/mol. The van der Waals surface area contributed by atoms with E-state index in [9.17, 15) is 18.0 Å². The first kappa shape index (κ1) is 28.2. The molecule has 0 aliphatic carbocycles. The fraction of sp³-hybridized carbons (Fsp3) is 0.462. The van der Waals surface area contributed by atoms with Crippen LogP contribution in [0.15, 0.2) is 48.5 Å². The Labute approximate surface area is 209 Å². The van der Waals surface area contributed by atoms with Crippen LogP contribution in [-0.4, -0.2) is 57.6 Å². The molecule has 0 heterocycles. The number of benzene rings is 2. The molecule has 0 saturated heterocycles. The molecule has 0 aliphatic heterocycles. The molecule has 0 aliphatic rings. The van der Waals surface area contributed by atoms with E-state index in [4.69, 9.17) is 4.74 Å². The van der Waals surface area contributed by atoms with Crippen LogP contribution < -0.4 is 14.4 Å². The third kappa shape index (κ3) is 7.99. The molecule has 2 aromatic rings. The van der Waals surface area contributed by atoms with Gasteiger partial charge >= 0.3 is 0 Å². The maximum atomic E-state index is 13.6. The summed E-state index contributed by atoms with van der Waals surface area (Å²) in [6.07, 6.45) is 3.47. The van der Waals surface area contributed by atoms with E-state index in [1.54, 1.807) is 38.3 Å². The van der Waals surface area contributed by atoms with Crippen LogP contribution in [0.3, 0.4) is 0 Å². The summed E-state index contributed by atoms with van der Waals surface area (Å²) in [5.41, 5.74) is 2.08. The zero-order chi connectivity index (χ0) is 26.0. The molecule has 0 bridgehead atoms. The minimum atomic E-state index is -3.76. The predicted molar refractivity (Wildman–Crippen MR) is 139 cm³/mol. The third-order valence-corrected chi connectivity index (χ3v) is 6.96. The van der Waals surface area contributed by atoms with Crippen molar-refractivity contribution in [1.29, 1.82) is 0 Å². The summed E-state index contributed by atoms with van der Waals surface area (Å²) in [4.78, 5) is 27.9. The summed E-state index contributed by atoms with van der Waals surface area (Å²) in [6.45, 7) is 5.89. The SMILES string of the molecule is CCCCNC(=O)[C@H](C)N(Cc1ccc(OC)cc1)C(=O)CN(c1ccccc1CC)S(C)(=O)=O. The Morgan fingerprint density at radius 3 is 2.29 bits per heavy atom. The van der Waals surface area contributed by atoms with Crippen molar-refractivity contribution in [3.05, 3.63) is 59.7 Å². The molecule has 35 heavy (non-hydrogen) atoms. The van der Waals surface area contributed by atoms with Crippen molar-refractivity contribution >= 4 is 27.5 Å². The van der Waals surface area contributed by atoms with E-state index >= 15 is 0 Å². The lowest BCUT2D eigenvalue weighted by Gasteiger charge is -2.32. The fourth-order valence-corrected chi connectivity index (χ4v) is 4.57. The van der Waals surface area contributed by atoms with Gasteiger partial charge < -0.3 is 15.0 Å². The first-order valence-electron chi connectivity index (χ1n) is 11.9. The number of aryl methyl sites for hydroxylation is 1. The predicted octanol–water partition coefficient (Wildman–Crippen LogP) is 3.36. The highest BCUT2D eigenvalue weighted by atomic mass is 32.2. The van der Waals surface area contributed by atoms with Gasteiger partial charge in [-0.15, -0.1) is 0 Å². The van der Waals surface area contributed by atoms with Gasteiger partial charge in [0.15, 0.2) is 0 Å². The van der Waals surface area contributed by atoms with Crippen molar-refractivity contribution in [2.24, 2.45) is 0 Å². The zero-order valence-corrected chi connectivity index (χ0v) is 22.1. The molecular formula is C26H37N3O5S. The number of hydrogen-bond acceptors (Lipinski definition) is 5. The molecule has 0 saturated carbocycles. The van der Waals surface area contributed by atoms with Gasteiger partial charge in [0, 0.05) is 13.1 Å². The van der Waals surface area contributed by atoms with E-state index < -0.39 is 28.5 Å². The summed E-state index contributed by atoms with van der Waals surface area (Å²) < 4.78 is 31.8. The Hall–Kier alpha value is -3.07. The van der Waals surface area contributed by atoms with Crippen LogP contribution in [0, 0.1) is 0 Å². The van der Waals surface area contributed by atoms with E-state index in [0.29, 0.717) is 24.4 Å². The van der Waals surface area contributed by atoms with Gasteiger partial charge in [-0.3, -0.25) is 13.9 Å². The lowest BCUT2D eigenvalue weighted by atomic mass is 10.1. The Bertz CT molecular complexity index is 1090. The highest BCUT2D eigenvalue weighted by Gasteiger charge is 2.30. The molecule has 1 atom stereocenters. The smallest absolute Gasteiger partial charge is 0.244 e. The minimum Gasteiger partial charge on any atom is -0.497 e. The first-order chi connectivity index (χ1) is 16.6. The van der Waals surface area contributed by atoms with E-state index in [2.05, 4.69) is 5.32 Å². The van der Waals surface area contributed by atoms with Crippen LogP contribution in [-0.2, 0) is 32.6 Å². The van der Waals surface area contributed by atoms with Crippen molar-refractivity contribution in [2.45, 2.75) is 52.6 Å². The highest BCUT2D eigenvalue weighted by molar-refractivity contribution is 7.92. The van der Waals surface area contributed by atoms with Crippen molar-refractivity contribution in [1.82, 2.24) is 10.2 Å². The van der Waals surface area contributed by atoms with Crippen LogP contribution in [0.5, 0.6) is 5.75 Å². The van der Waals surface area contributed by atoms with Crippen molar-refractivity contribution in [3.63, 3.8) is 0 Å². The summed E-state index contributed by atoms with van der Waals surface area (Å²) in [7, 11) is -2.18. The number of nitrogens with one attached hydrogen (secondary N) is 1. The Balaban J connectivity index is 2.38. The number of methoxy groups -OCH3 is 1. The van der Waals surface area contributed by atoms with E-state index in [0.717, 1.165) is 34.5 Å². The molecule has 0 fully saturated rings.